The first-order valence-corrected chi connectivity index (χ1v) is 10.6. The lowest BCUT2D eigenvalue weighted by Gasteiger charge is -2.12. The second-order valence-electron chi connectivity index (χ2n) is 7.13. The number of nitrogens with zero attached hydrogens (tertiary/aromatic N) is 1. The first-order chi connectivity index (χ1) is 15.3. The second-order valence-corrected chi connectivity index (χ2v) is 7.13. The van der Waals surface area contributed by atoms with Crippen molar-refractivity contribution < 1.29 is 13.9 Å². The molecule has 1 aromatic heterocycles. The molecular formula is C25H32IN3O3. The van der Waals surface area contributed by atoms with E-state index in [9.17, 15) is 0 Å². The van der Waals surface area contributed by atoms with E-state index in [4.69, 9.17) is 13.9 Å². The van der Waals surface area contributed by atoms with Gasteiger partial charge in [-0.1, -0.05) is 54.6 Å². The molecule has 0 spiro atoms. The summed E-state index contributed by atoms with van der Waals surface area (Å²) in [6.45, 7) is 3.90. The molecule has 2 N–H and O–H groups in total. The van der Waals surface area contributed by atoms with Gasteiger partial charge >= 0.3 is 0 Å². The summed E-state index contributed by atoms with van der Waals surface area (Å²) in [5.41, 5.74) is 3.54. The number of hydrogen-bond donors (Lipinski definition) is 2. The fourth-order valence-electron chi connectivity index (χ4n) is 2.97. The molecule has 3 aromatic rings. The number of hydrogen-bond acceptors (Lipinski definition) is 4. The molecule has 0 amide bonds. The van der Waals surface area contributed by atoms with Crippen molar-refractivity contribution in [2.45, 2.75) is 32.8 Å². The zero-order valence-corrected chi connectivity index (χ0v) is 20.8. The molecule has 2 aromatic carbocycles. The summed E-state index contributed by atoms with van der Waals surface area (Å²) in [4.78, 5) is 4.27. The van der Waals surface area contributed by atoms with Crippen LogP contribution in [-0.2, 0) is 35.8 Å². The number of guanidine groups is 1. The molecule has 32 heavy (non-hydrogen) atoms. The van der Waals surface area contributed by atoms with Crippen LogP contribution in [0.5, 0.6) is 0 Å². The molecule has 1 heterocycles. The number of benzene rings is 2. The molecule has 0 radical (unpaired) electrons. The van der Waals surface area contributed by atoms with Gasteiger partial charge in [-0.25, -0.2) is 0 Å². The Bertz CT molecular complexity index is 885. The summed E-state index contributed by atoms with van der Waals surface area (Å²) in [6, 6.07) is 22.4. The van der Waals surface area contributed by atoms with E-state index in [0.717, 1.165) is 30.2 Å². The van der Waals surface area contributed by atoms with Gasteiger partial charge in [0.2, 0.25) is 0 Å². The van der Waals surface area contributed by atoms with Gasteiger partial charge in [-0.15, -0.1) is 24.0 Å². The summed E-state index contributed by atoms with van der Waals surface area (Å²) >= 11 is 0. The van der Waals surface area contributed by atoms with Crippen LogP contribution in [0.3, 0.4) is 0 Å². The van der Waals surface area contributed by atoms with Crippen molar-refractivity contribution in [1.82, 2.24) is 10.6 Å². The van der Waals surface area contributed by atoms with Gasteiger partial charge in [0.15, 0.2) is 5.96 Å². The third kappa shape index (κ3) is 9.84. The zero-order chi connectivity index (χ0) is 21.6. The van der Waals surface area contributed by atoms with Gasteiger partial charge in [0.1, 0.15) is 12.4 Å². The molecule has 0 aliphatic carbocycles. The van der Waals surface area contributed by atoms with E-state index in [1.807, 2.05) is 30.3 Å². The van der Waals surface area contributed by atoms with Crippen molar-refractivity contribution in [3.63, 3.8) is 0 Å². The maximum Gasteiger partial charge on any atom is 0.191 e. The van der Waals surface area contributed by atoms with Crippen LogP contribution in [0, 0.1) is 0 Å². The third-order valence-electron chi connectivity index (χ3n) is 4.67. The third-order valence-corrected chi connectivity index (χ3v) is 4.67. The fraction of sp³-hybridized carbons (Fsp3) is 0.320. The predicted octanol–water partition coefficient (Wildman–Crippen LogP) is 4.89. The van der Waals surface area contributed by atoms with E-state index in [1.54, 1.807) is 13.3 Å². The topological polar surface area (TPSA) is 68.0 Å². The Morgan fingerprint density at radius 3 is 2.22 bits per heavy atom. The monoisotopic (exact) mass is 549 g/mol. The van der Waals surface area contributed by atoms with Gasteiger partial charge in [-0.3, -0.25) is 4.99 Å². The van der Waals surface area contributed by atoms with E-state index in [-0.39, 0.29) is 24.0 Å². The molecule has 7 heteroatoms. The highest BCUT2D eigenvalue weighted by Crippen LogP contribution is 2.08. The first kappa shape index (κ1) is 25.9. The molecule has 0 unspecified atom stereocenters. The Kier molecular flexibility index (Phi) is 12.5. The molecule has 0 fully saturated rings. The van der Waals surface area contributed by atoms with Crippen molar-refractivity contribution in [2.24, 2.45) is 4.99 Å². The van der Waals surface area contributed by atoms with Gasteiger partial charge < -0.3 is 24.5 Å². The van der Waals surface area contributed by atoms with Crippen molar-refractivity contribution in [3.05, 3.63) is 95.4 Å². The Hall–Kier alpha value is -2.36. The van der Waals surface area contributed by atoms with Crippen LogP contribution in [0.2, 0.25) is 0 Å². The van der Waals surface area contributed by atoms with E-state index in [1.165, 1.54) is 11.1 Å². The molecule has 0 atom stereocenters. The van der Waals surface area contributed by atoms with E-state index < -0.39 is 0 Å². The van der Waals surface area contributed by atoms with Crippen molar-refractivity contribution in [2.75, 3.05) is 20.2 Å². The number of aliphatic imine (C=N–C) groups is 1. The van der Waals surface area contributed by atoms with E-state index in [0.29, 0.717) is 33.0 Å². The SMILES string of the molecule is CN=C(NCCCOCc1ccco1)NCc1ccc(COCc2ccccc2)cc1.I. The molecule has 0 saturated heterocycles. The lowest BCUT2D eigenvalue weighted by molar-refractivity contribution is 0.105. The highest BCUT2D eigenvalue weighted by molar-refractivity contribution is 14.0. The van der Waals surface area contributed by atoms with Crippen LogP contribution < -0.4 is 10.6 Å². The number of furan rings is 1. The Balaban J connectivity index is 0.00000363. The summed E-state index contributed by atoms with van der Waals surface area (Å²) < 4.78 is 16.6. The molecule has 0 aliphatic rings. The van der Waals surface area contributed by atoms with Gasteiger partial charge in [0.25, 0.3) is 0 Å². The largest absolute Gasteiger partial charge is 0.467 e. The summed E-state index contributed by atoms with van der Waals surface area (Å²) in [6.07, 6.45) is 2.54. The maximum absolute atomic E-state index is 5.79. The van der Waals surface area contributed by atoms with Crippen LogP contribution in [0.1, 0.15) is 28.9 Å². The average Bonchev–Trinajstić information content (AvgIpc) is 3.33. The minimum atomic E-state index is 0. The standard InChI is InChI=1S/C25H31N3O3.HI/c1-26-25(27-14-6-15-29-20-24-9-5-16-31-24)28-17-21-10-12-23(13-11-21)19-30-18-22-7-3-2-4-8-22;/h2-5,7-13,16H,6,14-15,17-20H2,1H3,(H2,26,27,28);1H. The number of halogens is 1. The van der Waals surface area contributed by atoms with Crippen molar-refractivity contribution in [1.29, 1.82) is 0 Å². The molecular weight excluding hydrogens is 517 g/mol. The maximum atomic E-state index is 5.79. The minimum absolute atomic E-state index is 0. The number of nitrogens with one attached hydrogen (secondary N) is 2. The minimum Gasteiger partial charge on any atom is -0.467 e. The van der Waals surface area contributed by atoms with Crippen molar-refractivity contribution in [3.8, 4) is 0 Å². The number of rotatable bonds is 12. The Labute approximate surface area is 207 Å². The van der Waals surface area contributed by atoms with E-state index in [2.05, 4.69) is 52.0 Å². The van der Waals surface area contributed by atoms with Gasteiger partial charge in [-0.05, 0) is 35.2 Å². The average molecular weight is 549 g/mol. The fourth-order valence-corrected chi connectivity index (χ4v) is 2.97. The Morgan fingerprint density at radius 2 is 1.53 bits per heavy atom. The van der Waals surface area contributed by atoms with Crippen LogP contribution in [-0.4, -0.2) is 26.2 Å². The van der Waals surface area contributed by atoms with Crippen LogP contribution in [0.15, 0.2) is 82.4 Å². The summed E-state index contributed by atoms with van der Waals surface area (Å²) in [5, 5.41) is 6.64. The molecule has 172 valence electrons. The van der Waals surface area contributed by atoms with Gasteiger partial charge in [0.05, 0.1) is 19.5 Å². The van der Waals surface area contributed by atoms with Crippen LogP contribution in [0.4, 0.5) is 0 Å². The Morgan fingerprint density at radius 1 is 0.812 bits per heavy atom. The highest BCUT2D eigenvalue weighted by Gasteiger charge is 2.01. The molecule has 0 saturated carbocycles. The lowest BCUT2D eigenvalue weighted by Crippen LogP contribution is -2.37. The predicted molar refractivity (Wildman–Crippen MR) is 138 cm³/mol. The normalized spacial score (nSPS) is 11.1. The lowest BCUT2D eigenvalue weighted by atomic mass is 10.1. The summed E-state index contributed by atoms with van der Waals surface area (Å²) in [7, 11) is 1.77. The van der Waals surface area contributed by atoms with Crippen LogP contribution in [0.25, 0.3) is 0 Å². The quantitative estimate of drug-likeness (QED) is 0.146. The molecule has 3 rings (SSSR count). The second kappa shape index (κ2) is 15.4. The first-order valence-electron chi connectivity index (χ1n) is 10.6. The smallest absolute Gasteiger partial charge is 0.191 e. The molecule has 0 aliphatic heterocycles. The number of ether oxygens (including phenoxy) is 2. The van der Waals surface area contributed by atoms with Crippen LogP contribution >= 0.6 is 24.0 Å². The molecule has 6 nitrogen and oxygen atoms in total. The van der Waals surface area contributed by atoms with Crippen molar-refractivity contribution >= 4 is 29.9 Å². The van der Waals surface area contributed by atoms with E-state index >= 15 is 0 Å². The highest BCUT2D eigenvalue weighted by atomic mass is 127. The van der Waals surface area contributed by atoms with Gasteiger partial charge in [-0.2, -0.15) is 0 Å². The van der Waals surface area contributed by atoms with Gasteiger partial charge in [0, 0.05) is 26.7 Å². The summed E-state index contributed by atoms with van der Waals surface area (Å²) in [5.74, 6) is 1.63. The zero-order valence-electron chi connectivity index (χ0n) is 18.5. The molecule has 0 bridgehead atoms.